The van der Waals surface area contributed by atoms with Crippen molar-refractivity contribution < 1.29 is 14.6 Å². The zero-order valence-electron chi connectivity index (χ0n) is 8.22. The van der Waals surface area contributed by atoms with Crippen LogP contribution in [0.15, 0.2) is 42.5 Å². The van der Waals surface area contributed by atoms with Gasteiger partial charge in [-0.15, -0.1) is 0 Å². The predicted molar refractivity (Wildman–Crippen MR) is 54.9 cm³/mol. The van der Waals surface area contributed by atoms with Crippen LogP contribution in [0.25, 0.3) is 0 Å². The Morgan fingerprint density at radius 3 is 2.60 bits per heavy atom. The molecule has 1 aliphatic rings. The summed E-state index contributed by atoms with van der Waals surface area (Å²) in [6.45, 7) is 0. The van der Waals surface area contributed by atoms with Crippen LogP contribution in [-0.2, 0) is 16.0 Å². The molecule has 0 bridgehead atoms. The molecule has 0 saturated heterocycles. The van der Waals surface area contributed by atoms with Crippen molar-refractivity contribution in [3.8, 4) is 0 Å². The van der Waals surface area contributed by atoms with Crippen LogP contribution < -0.4 is 0 Å². The summed E-state index contributed by atoms with van der Waals surface area (Å²) in [5, 5.41) is 9.79. The van der Waals surface area contributed by atoms with Gasteiger partial charge in [-0.2, -0.15) is 0 Å². The highest BCUT2D eigenvalue weighted by molar-refractivity contribution is 5.84. The van der Waals surface area contributed by atoms with Gasteiger partial charge in [0.25, 0.3) is 0 Å². The van der Waals surface area contributed by atoms with Crippen molar-refractivity contribution in [2.75, 3.05) is 0 Å². The number of hydrogen-bond acceptors (Lipinski definition) is 3. The van der Waals surface area contributed by atoms with E-state index in [1.54, 1.807) is 0 Å². The molecule has 2 rings (SSSR count). The number of ether oxygens (including phenoxy) is 1. The summed E-state index contributed by atoms with van der Waals surface area (Å²) < 4.78 is 4.78. The maximum atomic E-state index is 10.8. The summed E-state index contributed by atoms with van der Waals surface area (Å²) in [5.74, 6) is -1.89. The second-order valence-electron chi connectivity index (χ2n) is 3.58. The number of cyclic esters (lactones) is 1. The summed E-state index contributed by atoms with van der Waals surface area (Å²) in [4.78, 5) is 10.8. The Hall–Kier alpha value is -1.61. The first-order valence-corrected chi connectivity index (χ1v) is 4.86. The quantitative estimate of drug-likeness (QED) is 0.757. The van der Waals surface area contributed by atoms with Crippen molar-refractivity contribution >= 4 is 5.97 Å². The van der Waals surface area contributed by atoms with Gasteiger partial charge in [0, 0.05) is 12.5 Å². The van der Waals surface area contributed by atoms with E-state index < -0.39 is 11.8 Å². The maximum Gasteiger partial charge on any atom is 0.333 e. The molecule has 1 heterocycles. The Morgan fingerprint density at radius 2 is 2.00 bits per heavy atom. The number of carbonyl (C=O) groups is 1. The van der Waals surface area contributed by atoms with Crippen LogP contribution in [0.2, 0.25) is 0 Å². The maximum absolute atomic E-state index is 10.8. The van der Waals surface area contributed by atoms with Gasteiger partial charge in [0.15, 0.2) is 0 Å². The van der Waals surface area contributed by atoms with Gasteiger partial charge in [0.05, 0.1) is 0 Å². The Bertz CT molecular complexity index is 383. The lowest BCUT2D eigenvalue weighted by Gasteiger charge is -2.19. The summed E-state index contributed by atoms with van der Waals surface area (Å²) in [7, 11) is 0. The van der Waals surface area contributed by atoms with Crippen molar-refractivity contribution in [3.63, 3.8) is 0 Å². The molecule has 15 heavy (non-hydrogen) atoms. The van der Waals surface area contributed by atoms with Gasteiger partial charge >= 0.3 is 5.97 Å². The van der Waals surface area contributed by atoms with Crippen LogP contribution in [0.3, 0.4) is 0 Å². The van der Waals surface area contributed by atoms with E-state index in [1.165, 1.54) is 12.2 Å². The predicted octanol–water partition coefficient (Wildman–Crippen LogP) is 1.42. The fraction of sp³-hybridized carbons (Fsp3) is 0.250. The van der Waals surface area contributed by atoms with E-state index in [9.17, 15) is 9.90 Å². The second-order valence-corrected chi connectivity index (χ2v) is 3.58. The third-order valence-corrected chi connectivity index (χ3v) is 2.37. The van der Waals surface area contributed by atoms with E-state index in [0.29, 0.717) is 12.8 Å². The fourth-order valence-corrected chi connectivity index (χ4v) is 1.54. The van der Waals surface area contributed by atoms with Crippen molar-refractivity contribution in [1.29, 1.82) is 0 Å². The van der Waals surface area contributed by atoms with E-state index in [0.717, 1.165) is 5.56 Å². The third kappa shape index (κ3) is 2.44. The standard InChI is InChI=1S/C12H12O3/c13-11-7-9-12(14,15-11)8-6-10-4-2-1-3-5-10/h1-5,7,9,14H,6,8H2/t12-/m1/s1. The molecule has 0 aliphatic carbocycles. The van der Waals surface area contributed by atoms with Crippen LogP contribution in [0.5, 0.6) is 0 Å². The zero-order valence-corrected chi connectivity index (χ0v) is 8.22. The second kappa shape index (κ2) is 3.87. The lowest BCUT2D eigenvalue weighted by molar-refractivity contribution is -0.179. The molecule has 1 aromatic rings. The van der Waals surface area contributed by atoms with Gasteiger partial charge in [0.2, 0.25) is 5.79 Å². The lowest BCUT2D eigenvalue weighted by Crippen LogP contribution is -2.28. The van der Waals surface area contributed by atoms with E-state index in [4.69, 9.17) is 4.74 Å². The first-order valence-electron chi connectivity index (χ1n) is 4.86. The molecular formula is C12H12O3. The molecule has 1 N–H and O–H groups in total. The molecule has 0 saturated carbocycles. The molecule has 0 unspecified atom stereocenters. The molecule has 1 aromatic carbocycles. The minimum Gasteiger partial charge on any atom is -0.426 e. The van der Waals surface area contributed by atoms with Crippen LogP contribution in [0.1, 0.15) is 12.0 Å². The highest BCUT2D eigenvalue weighted by Gasteiger charge is 2.32. The molecule has 1 aliphatic heterocycles. The lowest BCUT2D eigenvalue weighted by atomic mass is 10.0. The topological polar surface area (TPSA) is 46.5 Å². The Balaban J connectivity index is 1.94. The summed E-state index contributed by atoms with van der Waals surface area (Å²) in [6.07, 6.45) is 3.72. The van der Waals surface area contributed by atoms with Crippen molar-refractivity contribution in [2.24, 2.45) is 0 Å². The van der Waals surface area contributed by atoms with Gasteiger partial charge in [-0.3, -0.25) is 0 Å². The molecule has 0 fully saturated rings. The zero-order chi connectivity index (χ0) is 10.7. The minimum absolute atomic E-state index is 0.388. The van der Waals surface area contributed by atoms with Gasteiger partial charge in [0.1, 0.15) is 0 Å². The molecule has 3 nitrogen and oxygen atoms in total. The first kappa shape index (κ1) is 9.93. The molecule has 3 heteroatoms. The van der Waals surface area contributed by atoms with Crippen molar-refractivity contribution in [1.82, 2.24) is 0 Å². The number of aryl methyl sites for hydroxylation is 1. The van der Waals surface area contributed by atoms with E-state index in [1.807, 2.05) is 30.3 Å². The van der Waals surface area contributed by atoms with Gasteiger partial charge < -0.3 is 9.84 Å². The van der Waals surface area contributed by atoms with Crippen molar-refractivity contribution in [2.45, 2.75) is 18.6 Å². The molecule has 1 atom stereocenters. The molecule has 0 radical (unpaired) electrons. The number of aliphatic hydroxyl groups is 1. The van der Waals surface area contributed by atoms with Gasteiger partial charge in [-0.05, 0) is 18.1 Å². The largest absolute Gasteiger partial charge is 0.426 e. The van der Waals surface area contributed by atoms with E-state index >= 15 is 0 Å². The number of hydrogen-bond donors (Lipinski definition) is 1. The Morgan fingerprint density at radius 1 is 1.27 bits per heavy atom. The first-order chi connectivity index (χ1) is 7.18. The van der Waals surface area contributed by atoms with Crippen LogP contribution in [0.4, 0.5) is 0 Å². The number of benzene rings is 1. The molecule has 0 aromatic heterocycles. The number of rotatable bonds is 3. The Labute approximate surface area is 88.0 Å². The third-order valence-electron chi connectivity index (χ3n) is 2.37. The SMILES string of the molecule is O=C1C=C[C@@](O)(CCc2ccccc2)O1. The smallest absolute Gasteiger partial charge is 0.333 e. The summed E-state index contributed by atoms with van der Waals surface area (Å²) in [5.41, 5.74) is 1.11. The average Bonchev–Trinajstić information content (AvgIpc) is 2.58. The van der Waals surface area contributed by atoms with Crippen LogP contribution in [-0.4, -0.2) is 16.9 Å². The van der Waals surface area contributed by atoms with Crippen LogP contribution >= 0.6 is 0 Å². The van der Waals surface area contributed by atoms with Gasteiger partial charge in [-0.25, -0.2) is 4.79 Å². The number of esters is 1. The fourth-order valence-electron chi connectivity index (χ4n) is 1.54. The number of carbonyl (C=O) groups excluding carboxylic acids is 1. The highest BCUT2D eigenvalue weighted by Crippen LogP contribution is 2.22. The molecular weight excluding hydrogens is 192 g/mol. The minimum atomic E-state index is -1.41. The van der Waals surface area contributed by atoms with Gasteiger partial charge in [-0.1, -0.05) is 30.3 Å². The molecule has 0 spiro atoms. The average molecular weight is 204 g/mol. The van der Waals surface area contributed by atoms with Crippen LogP contribution in [0, 0.1) is 0 Å². The van der Waals surface area contributed by atoms with E-state index in [2.05, 4.69) is 0 Å². The Kier molecular flexibility index (Phi) is 2.56. The normalized spacial score (nSPS) is 24.2. The van der Waals surface area contributed by atoms with Crippen molar-refractivity contribution in [3.05, 3.63) is 48.0 Å². The summed E-state index contributed by atoms with van der Waals surface area (Å²) in [6, 6.07) is 9.77. The monoisotopic (exact) mass is 204 g/mol. The summed E-state index contributed by atoms with van der Waals surface area (Å²) >= 11 is 0. The molecule has 0 amide bonds. The molecule has 78 valence electrons. The van der Waals surface area contributed by atoms with E-state index in [-0.39, 0.29) is 0 Å². The highest BCUT2D eigenvalue weighted by atomic mass is 16.7.